The van der Waals surface area contributed by atoms with Crippen LogP contribution in [0.3, 0.4) is 0 Å². The molecule has 13 heteroatoms. The average Bonchev–Trinajstić information content (AvgIpc) is 3.14. The maximum atomic E-state index is 14.3. The maximum absolute atomic E-state index is 14.3. The largest absolute Gasteiger partial charge is 0.341 e. The number of hydrogen-bond donors (Lipinski definition) is 1. The molecule has 1 aromatic heterocycles. The Balaban J connectivity index is 1.35. The molecule has 228 valence electrons. The minimum absolute atomic E-state index is 0.0338. The molecule has 0 bridgehead atoms. The van der Waals surface area contributed by atoms with Crippen molar-refractivity contribution in [1.82, 2.24) is 18.9 Å². The van der Waals surface area contributed by atoms with Crippen LogP contribution >= 0.6 is 11.6 Å². The van der Waals surface area contributed by atoms with E-state index in [4.69, 9.17) is 11.6 Å². The van der Waals surface area contributed by atoms with Crippen molar-refractivity contribution in [3.8, 4) is 11.1 Å². The van der Waals surface area contributed by atoms with E-state index in [0.717, 1.165) is 32.9 Å². The van der Waals surface area contributed by atoms with Crippen molar-refractivity contribution in [2.24, 2.45) is 0 Å². The standard InChI is InChI=1S/C30H33ClFN5O5S/c1-19(18-43(2)42)37-28(39)23(22-7-5-8-24(32)27(22)31)16-35(30(37)41)17-26(38)34-13-11-21(12-14-34)36-15-10-20-6-3-4-9-25(20)33-29(36)40/h3-9,16,19,21H,10-15,17-18H2,1-2H3,(H,33,40). The molecule has 2 atom stereocenters. The maximum Gasteiger partial charge on any atom is 0.331 e. The second-order valence-electron chi connectivity index (χ2n) is 11.0. The predicted molar refractivity (Wildman–Crippen MR) is 164 cm³/mol. The molecule has 1 saturated heterocycles. The first kappa shape index (κ1) is 30.7. The van der Waals surface area contributed by atoms with E-state index in [1.807, 2.05) is 29.2 Å². The minimum atomic E-state index is -1.32. The molecule has 3 heterocycles. The molecule has 0 aliphatic carbocycles. The number of benzene rings is 2. The SMILES string of the molecule is CC(CS(C)=O)n1c(=O)c(-c2cccc(F)c2Cl)cn(CC(=O)N2CCC(N3CCc4ccccc4NC3=O)CC2)c1=O. The van der Waals surface area contributed by atoms with Gasteiger partial charge >= 0.3 is 11.7 Å². The van der Waals surface area contributed by atoms with Crippen molar-refractivity contribution >= 4 is 40.0 Å². The summed E-state index contributed by atoms with van der Waals surface area (Å²) in [7, 11) is -1.32. The summed E-state index contributed by atoms with van der Waals surface area (Å²) in [4.78, 5) is 56.8. The van der Waals surface area contributed by atoms with Crippen molar-refractivity contribution in [2.75, 3.05) is 37.0 Å². The Bertz CT molecular complexity index is 1700. The monoisotopic (exact) mass is 629 g/mol. The van der Waals surface area contributed by atoms with Crippen LogP contribution in [0.4, 0.5) is 14.9 Å². The summed E-state index contributed by atoms with van der Waals surface area (Å²) in [6.07, 6.45) is 4.59. The van der Waals surface area contributed by atoms with Gasteiger partial charge in [0.05, 0.1) is 16.6 Å². The number of carbonyl (C=O) groups is 2. The third kappa shape index (κ3) is 6.45. The summed E-state index contributed by atoms with van der Waals surface area (Å²) < 4.78 is 28.3. The first-order chi connectivity index (χ1) is 20.5. The van der Waals surface area contributed by atoms with Gasteiger partial charge < -0.3 is 15.1 Å². The van der Waals surface area contributed by atoms with Crippen LogP contribution in [0.5, 0.6) is 0 Å². The normalized spacial score (nSPS) is 17.2. The third-order valence-corrected chi connectivity index (χ3v) is 9.39. The second-order valence-corrected chi connectivity index (χ2v) is 12.8. The number of para-hydroxylation sites is 1. The van der Waals surface area contributed by atoms with Gasteiger partial charge in [0.2, 0.25) is 5.91 Å². The van der Waals surface area contributed by atoms with Gasteiger partial charge in [0.25, 0.3) is 5.56 Å². The molecule has 0 saturated carbocycles. The van der Waals surface area contributed by atoms with Crippen LogP contribution in [0.25, 0.3) is 11.1 Å². The summed E-state index contributed by atoms with van der Waals surface area (Å²) in [6.45, 7) is 2.59. The molecule has 43 heavy (non-hydrogen) atoms. The van der Waals surface area contributed by atoms with Gasteiger partial charge in [-0.2, -0.15) is 0 Å². The number of anilines is 1. The smallest absolute Gasteiger partial charge is 0.331 e. The van der Waals surface area contributed by atoms with E-state index >= 15 is 0 Å². The number of fused-ring (bicyclic) bond motifs is 1. The van der Waals surface area contributed by atoms with E-state index < -0.39 is 33.9 Å². The molecule has 2 aliphatic rings. The number of carbonyl (C=O) groups excluding carboxylic acids is 2. The Labute approximate surface area is 255 Å². The van der Waals surface area contributed by atoms with Gasteiger partial charge in [-0.1, -0.05) is 41.9 Å². The summed E-state index contributed by atoms with van der Waals surface area (Å²) in [6, 6.07) is 10.8. The lowest BCUT2D eigenvalue weighted by atomic mass is 10.0. The van der Waals surface area contributed by atoms with E-state index in [1.54, 1.807) is 11.8 Å². The van der Waals surface area contributed by atoms with Crippen molar-refractivity contribution in [2.45, 2.75) is 44.8 Å². The fraction of sp³-hybridized carbons (Fsp3) is 0.400. The Hall–Kier alpha value is -3.77. The Kier molecular flexibility index (Phi) is 9.16. The zero-order chi connectivity index (χ0) is 30.8. The lowest BCUT2D eigenvalue weighted by Crippen LogP contribution is -2.51. The topological polar surface area (TPSA) is 114 Å². The number of amides is 3. The van der Waals surface area contributed by atoms with Crippen molar-refractivity contribution < 1.29 is 18.2 Å². The van der Waals surface area contributed by atoms with Gasteiger partial charge in [0.15, 0.2) is 0 Å². The molecule has 1 fully saturated rings. The van der Waals surface area contributed by atoms with Gasteiger partial charge in [-0.3, -0.25) is 22.9 Å². The zero-order valence-electron chi connectivity index (χ0n) is 23.9. The second kappa shape index (κ2) is 12.8. The van der Waals surface area contributed by atoms with Crippen LogP contribution in [0.15, 0.2) is 58.3 Å². The number of rotatable bonds is 7. The fourth-order valence-electron chi connectivity index (χ4n) is 5.84. The lowest BCUT2D eigenvalue weighted by Gasteiger charge is -2.38. The molecule has 2 unspecified atom stereocenters. The van der Waals surface area contributed by atoms with Crippen molar-refractivity contribution in [3.05, 3.63) is 85.9 Å². The molecule has 0 radical (unpaired) electrons. The van der Waals surface area contributed by atoms with E-state index in [2.05, 4.69) is 5.32 Å². The minimum Gasteiger partial charge on any atom is -0.341 e. The number of urea groups is 1. The lowest BCUT2D eigenvalue weighted by molar-refractivity contribution is -0.133. The zero-order valence-corrected chi connectivity index (χ0v) is 25.5. The quantitative estimate of drug-likeness (QED) is 0.430. The Morgan fingerprint density at radius 2 is 1.79 bits per heavy atom. The number of piperidine rings is 1. The molecule has 3 aromatic rings. The first-order valence-electron chi connectivity index (χ1n) is 14.1. The molecule has 2 aliphatic heterocycles. The highest BCUT2D eigenvalue weighted by molar-refractivity contribution is 7.84. The van der Waals surface area contributed by atoms with E-state index in [-0.39, 0.29) is 46.4 Å². The van der Waals surface area contributed by atoms with Crippen LogP contribution in [0, 0.1) is 5.82 Å². The number of likely N-dealkylation sites (tertiary alicyclic amines) is 1. The van der Waals surface area contributed by atoms with E-state index in [1.165, 1.54) is 24.6 Å². The van der Waals surface area contributed by atoms with Crippen LogP contribution in [0.1, 0.15) is 31.4 Å². The average molecular weight is 630 g/mol. The highest BCUT2D eigenvalue weighted by atomic mass is 35.5. The number of nitrogens with one attached hydrogen (secondary N) is 1. The van der Waals surface area contributed by atoms with Crippen LogP contribution in [-0.4, -0.2) is 72.8 Å². The van der Waals surface area contributed by atoms with Gasteiger partial charge in [0.1, 0.15) is 12.4 Å². The van der Waals surface area contributed by atoms with Crippen LogP contribution < -0.4 is 16.6 Å². The third-order valence-electron chi connectivity index (χ3n) is 8.05. The molecule has 10 nitrogen and oxygen atoms in total. The van der Waals surface area contributed by atoms with Crippen molar-refractivity contribution in [1.29, 1.82) is 0 Å². The molecule has 5 rings (SSSR count). The molecule has 3 amide bonds. The molecular formula is C30H33ClFN5O5S. The highest BCUT2D eigenvalue weighted by Crippen LogP contribution is 2.28. The van der Waals surface area contributed by atoms with E-state index in [9.17, 15) is 27.8 Å². The molecular weight excluding hydrogens is 597 g/mol. The van der Waals surface area contributed by atoms with E-state index in [0.29, 0.717) is 32.5 Å². The Morgan fingerprint density at radius 3 is 2.51 bits per heavy atom. The highest BCUT2D eigenvalue weighted by Gasteiger charge is 2.32. The fourth-order valence-corrected chi connectivity index (χ4v) is 6.90. The number of aromatic nitrogens is 2. The number of hydrogen-bond acceptors (Lipinski definition) is 5. The summed E-state index contributed by atoms with van der Waals surface area (Å²) in [5.74, 6) is -1.03. The molecule has 0 spiro atoms. The van der Waals surface area contributed by atoms with Gasteiger partial charge in [0, 0.05) is 65.9 Å². The number of halogens is 2. The summed E-state index contributed by atoms with van der Waals surface area (Å²) >= 11 is 6.19. The first-order valence-corrected chi connectivity index (χ1v) is 16.2. The van der Waals surface area contributed by atoms with Gasteiger partial charge in [-0.15, -0.1) is 0 Å². The molecule has 2 aromatic carbocycles. The number of nitrogens with zero attached hydrogens (tertiary/aromatic N) is 4. The van der Waals surface area contributed by atoms with Gasteiger partial charge in [-0.05, 0) is 43.9 Å². The summed E-state index contributed by atoms with van der Waals surface area (Å²) in [5, 5.41) is 2.71. The summed E-state index contributed by atoms with van der Waals surface area (Å²) in [5.41, 5.74) is 0.493. The van der Waals surface area contributed by atoms with Crippen LogP contribution in [0.2, 0.25) is 5.02 Å². The van der Waals surface area contributed by atoms with Crippen LogP contribution in [-0.2, 0) is 28.6 Å². The van der Waals surface area contributed by atoms with Crippen molar-refractivity contribution in [3.63, 3.8) is 0 Å². The predicted octanol–water partition coefficient (Wildman–Crippen LogP) is 3.49. The Morgan fingerprint density at radius 1 is 1.07 bits per heavy atom. The van der Waals surface area contributed by atoms with Gasteiger partial charge in [-0.25, -0.2) is 14.0 Å². The molecule has 1 N–H and O–H groups in total.